The second-order valence-electron chi connectivity index (χ2n) is 4.40. The summed E-state index contributed by atoms with van der Waals surface area (Å²) < 4.78 is 5.22. The molecular formula is C15H9IN4O3. The highest BCUT2D eigenvalue weighted by Crippen LogP contribution is 2.30. The van der Waals surface area contributed by atoms with E-state index >= 15 is 0 Å². The number of pyridine rings is 1. The molecular weight excluding hydrogens is 411 g/mol. The number of esters is 1. The fourth-order valence-electron chi connectivity index (χ4n) is 2.08. The number of aromatic nitrogens is 1. The first-order valence-electron chi connectivity index (χ1n) is 6.18. The first kappa shape index (κ1) is 16.5. The highest BCUT2D eigenvalue weighted by Gasteiger charge is 2.19. The highest BCUT2D eigenvalue weighted by atomic mass is 127. The summed E-state index contributed by atoms with van der Waals surface area (Å²) in [5.41, 5.74) is 5.71. The van der Waals surface area contributed by atoms with Crippen LogP contribution in [0, 0.1) is 26.2 Å². The van der Waals surface area contributed by atoms with E-state index in [9.17, 15) is 20.1 Å². The van der Waals surface area contributed by atoms with Crippen molar-refractivity contribution in [3.8, 4) is 23.3 Å². The lowest BCUT2D eigenvalue weighted by Gasteiger charge is -2.10. The molecule has 0 saturated carbocycles. The number of halogens is 1. The van der Waals surface area contributed by atoms with Crippen molar-refractivity contribution in [2.75, 3.05) is 12.8 Å². The number of hydrogen-bond acceptors (Lipinski definition) is 6. The van der Waals surface area contributed by atoms with Gasteiger partial charge in [0.2, 0.25) is 0 Å². The molecule has 7 nitrogen and oxygen atoms in total. The fraction of sp³-hybridized carbons (Fsp3) is 0.0667. The van der Waals surface area contributed by atoms with Crippen LogP contribution in [0.15, 0.2) is 23.0 Å². The number of nitrogens with zero attached hydrogens (tertiary/aromatic N) is 2. The number of hydrogen-bond donors (Lipinski definition) is 2. The zero-order valence-electron chi connectivity index (χ0n) is 11.8. The maximum Gasteiger partial charge on any atom is 0.338 e. The van der Waals surface area contributed by atoms with Gasteiger partial charge in [-0.3, -0.25) is 4.79 Å². The maximum absolute atomic E-state index is 11.9. The lowest BCUT2D eigenvalue weighted by molar-refractivity contribution is 0.0599. The average Bonchev–Trinajstić information content (AvgIpc) is 2.53. The summed E-state index contributed by atoms with van der Waals surface area (Å²) in [7, 11) is 1.27. The van der Waals surface area contributed by atoms with Crippen LogP contribution in [-0.2, 0) is 4.74 Å². The van der Waals surface area contributed by atoms with Crippen molar-refractivity contribution in [2.24, 2.45) is 0 Å². The fourth-order valence-corrected chi connectivity index (χ4v) is 2.81. The quantitative estimate of drug-likeness (QED) is 0.562. The van der Waals surface area contributed by atoms with Gasteiger partial charge in [-0.2, -0.15) is 10.5 Å². The van der Waals surface area contributed by atoms with Gasteiger partial charge < -0.3 is 15.5 Å². The van der Waals surface area contributed by atoms with Crippen LogP contribution in [0.2, 0.25) is 0 Å². The molecule has 23 heavy (non-hydrogen) atoms. The first-order chi connectivity index (χ1) is 10.9. The minimum Gasteiger partial charge on any atom is -0.465 e. The number of H-pyrrole nitrogens is 1. The van der Waals surface area contributed by atoms with E-state index in [1.165, 1.54) is 19.2 Å². The molecule has 114 valence electrons. The zero-order chi connectivity index (χ0) is 17.1. The summed E-state index contributed by atoms with van der Waals surface area (Å²) in [6, 6.07) is 8.30. The number of rotatable bonds is 2. The Labute approximate surface area is 144 Å². The Hall–Kier alpha value is -2.85. The van der Waals surface area contributed by atoms with Crippen molar-refractivity contribution in [3.05, 3.63) is 48.8 Å². The molecule has 0 bridgehead atoms. The molecule has 0 fully saturated rings. The second-order valence-corrected chi connectivity index (χ2v) is 5.56. The van der Waals surface area contributed by atoms with Crippen molar-refractivity contribution in [1.82, 2.24) is 4.98 Å². The molecule has 0 saturated heterocycles. The van der Waals surface area contributed by atoms with E-state index in [-0.39, 0.29) is 22.5 Å². The molecule has 0 atom stereocenters. The number of methoxy groups -OCH3 is 1. The number of aromatic amines is 1. The molecule has 0 amide bonds. The number of nitrogens with one attached hydrogen (secondary N) is 1. The number of nitrogen functional groups attached to an aromatic ring is 1. The average molecular weight is 420 g/mol. The molecule has 0 aliphatic rings. The molecule has 2 rings (SSSR count). The monoisotopic (exact) mass is 420 g/mol. The van der Waals surface area contributed by atoms with E-state index in [1.54, 1.807) is 12.1 Å². The van der Waals surface area contributed by atoms with Crippen LogP contribution in [0.3, 0.4) is 0 Å². The van der Waals surface area contributed by atoms with Gasteiger partial charge in [0.15, 0.2) is 0 Å². The normalized spacial score (nSPS) is 9.74. The number of anilines is 1. The summed E-state index contributed by atoms with van der Waals surface area (Å²) >= 11 is 1.93. The summed E-state index contributed by atoms with van der Waals surface area (Å²) in [6.45, 7) is 0. The Bertz CT molecular complexity index is 951. The molecule has 8 heteroatoms. The van der Waals surface area contributed by atoms with Crippen molar-refractivity contribution in [3.63, 3.8) is 0 Å². The topological polar surface area (TPSA) is 133 Å². The third-order valence-electron chi connectivity index (χ3n) is 3.13. The molecule has 1 aromatic carbocycles. The van der Waals surface area contributed by atoms with Crippen molar-refractivity contribution in [1.29, 1.82) is 10.5 Å². The summed E-state index contributed by atoms with van der Waals surface area (Å²) in [5, 5.41) is 18.5. The van der Waals surface area contributed by atoms with Crippen molar-refractivity contribution < 1.29 is 9.53 Å². The molecule has 0 aliphatic carbocycles. The SMILES string of the molecule is COC(=O)c1ccc(-c2c(C#N)c(N)[nH]c(=O)c2C#N)cc1I. The van der Waals surface area contributed by atoms with Gasteiger partial charge in [-0.15, -0.1) is 0 Å². The molecule has 0 aliphatic heterocycles. The van der Waals surface area contributed by atoms with Crippen LogP contribution in [-0.4, -0.2) is 18.1 Å². The Kier molecular flexibility index (Phi) is 4.67. The van der Waals surface area contributed by atoms with E-state index in [4.69, 9.17) is 5.73 Å². The number of carbonyl (C=O) groups excluding carboxylic acids is 1. The van der Waals surface area contributed by atoms with Gasteiger partial charge in [0, 0.05) is 9.13 Å². The first-order valence-corrected chi connectivity index (χ1v) is 7.26. The Balaban J connectivity index is 2.81. The molecule has 1 heterocycles. The third kappa shape index (κ3) is 2.89. The van der Waals surface area contributed by atoms with Crippen LogP contribution >= 0.6 is 22.6 Å². The highest BCUT2D eigenvalue weighted by molar-refractivity contribution is 14.1. The summed E-state index contributed by atoms with van der Waals surface area (Å²) in [4.78, 5) is 25.8. The number of ether oxygens (including phenoxy) is 1. The van der Waals surface area contributed by atoms with Gasteiger partial charge in [-0.1, -0.05) is 6.07 Å². The van der Waals surface area contributed by atoms with Crippen LogP contribution < -0.4 is 11.3 Å². The van der Waals surface area contributed by atoms with E-state index in [0.29, 0.717) is 14.7 Å². The largest absolute Gasteiger partial charge is 0.465 e. The minimum absolute atomic E-state index is 0.00256. The maximum atomic E-state index is 11.9. The lowest BCUT2D eigenvalue weighted by atomic mass is 9.96. The van der Waals surface area contributed by atoms with Gasteiger partial charge in [-0.05, 0) is 40.3 Å². The number of benzene rings is 1. The predicted molar refractivity (Wildman–Crippen MR) is 90.4 cm³/mol. The second kappa shape index (κ2) is 6.50. The van der Waals surface area contributed by atoms with E-state index in [2.05, 4.69) is 9.72 Å². The minimum atomic E-state index is -0.675. The van der Waals surface area contributed by atoms with E-state index < -0.39 is 11.5 Å². The molecule has 0 unspecified atom stereocenters. The van der Waals surface area contributed by atoms with Gasteiger partial charge in [0.1, 0.15) is 29.1 Å². The van der Waals surface area contributed by atoms with Crippen LogP contribution in [0.5, 0.6) is 0 Å². The number of nitrogens with two attached hydrogens (primary N) is 1. The molecule has 0 radical (unpaired) electrons. The molecule has 3 N–H and O–H groups in total. The Morgan fingerprint density at radius 3 is 2.48 bits per heavy atom. The molecule has 1 aromatic heterocycles. The van der Waals surface area contributed by atoms with Crippen LogP contribution in [0.25, 0.3) is 11.1 Å². The Morgan fingerprint density at radius 1 is 1.30 bits per heavy atom. The molecule has 0 spiro atoms. The van der Waals surface area contributed by atoms with Crippen molar-refractivity contribution in [2.45, 2.75) is 0 Å². The number of nitriles is 2. The van der Waals surface area contributed by atoms with Gasteiger partial charge in [0.05, 0.1) is 12.7 Å². The van der Waals surface area contributed by atoms with Crippen molar-refractivity contribution >= 4 is 34.4 Å². The third-order valence-corrected chi connectivity index (χ3v) is 4.02. The predicted octanol–water partition coefficient (Wildman–Crippen LogP) is 1.76. The van der Waals surface area contributed by atoms with Gasteiger partial charge in [-0.25, -0.2) is 4.79 Å². The van der Waals surface area contributed by atoms with Gasteiger partial charge in [0.25, 0.3) is 5.56 Å². The number of carbonyl (C=O) groups is 1. The van der Waals surface area contributed by atoms with Crippen LogP contribution in [0.1, 0.15) is 21.5 Å². The zero-order valence-corrected chi connectivity index (χ0v) is 14.0. The smallest absolute Gasteiger partial charge is 0.338 e. The molecule has 2 aromatic rings. The Morgan fingerprint density at radius 2 is 1.96 bits per heavy atom. The van der Waals surface area contributed by atoms with E-state index in [1.807, 2.05) is 28.7 Å². The lowest BCUT2D eigenvalue weighted by Crippen LogP contribution is -2.16. The summed E-state index contributed by atoms with van der Waals surface area (Å²) in [6.07, 6.45) is 0. The van der Waals surface area contributed by atoms with Crippen LogP contribution in [0.4, 0.5) is 5.82 Å². The standard InChI is InChI=1S/C15H9IN4O3/c1-23-15(22)8-3-2-7(4-11(8)16)12-9(5-17)13(19)20-14(21)10(12)6-18/h2-4H,1H3,(H3,19,20,21). The summed E-state index contributed by atoms with van der Waals surface area (Å²) in [5.74, 6) is -0.620. The van der Waals surface area contributed by atoms with E-state index in [0.717, 1.165) is 0 Å². The van der Waals surface area contributed by atoms with Gasteiger partial charge >= 0.3 is 5.97 Å².